The zero-order valence-corrected chi connectivity index (χ0v) is 18.6. The number of nitrogens with zero attached hydrogens (tertiary/aromatic N) is 3. The topological polar surface area (TPSA) is 70.2 Å². The van der Waals surface area contributed by atoms with E-state index in [-0.39, 0.29) is 23.3 Å². The Labute approximate surface area is 184 Å². The third-order valence-corrected chi connectivity index (χ3v) is 8.01. The molecule has 2 fully saturated rings. The minimum absolute atomic E-state index is 0.0626. The Kier molecular flexibility index (Phi) is 6.48. The zero-order chi connectivity index (χ0) is 21.8. The second kappa shape index (κ2) is 9.28. The Balaban J connectivity index is 1.39. The highest BCUT2D eigenvalue weighted by molar-refractivity contribution is 7.89. The predicted molar refractivity (Wildman–Crippen MR) is 120 cm³/mol. The molecule has 0 spiro atoms. The first kappa shape index (κ1) is 21.6. The van der Waals surface area contributed by atoms with E-state index in [9.17, 15) is 13.2 Å². The summed E-state index contributed by atoms with van der Waals surface area (Å²) in [5, 5.41) is 0. The number of hydrogen-bond acceptors (Lipinski definition) is 5. The first-order valence-corrected chi connectivity index (χ1v) is 12.2. The van der Waals surface area contributed by atoms with Gasteiger partial charge in [-0.15, -0.1) is 0 Å². The Morgan fingerprint density at radius 2 is 1.61 bits per heavy atom. The van der Waals surface area contributed by atoms with Crippen molar-refractivity contribution < 1.29 is 17.9 Å². The number of ether oxygens (including phenoxy) is 1. The number of carbonyl (C=O) groups excluding carboxylic acids is 1. The van der Waals surface area contributed by atoms with Crippen molar-refractivity contribution >= 4 is 21.6 Å². The van der Waals surface area contributed by atoms with Gasteiger partial charge in [0.05, 0.1) is 23.6 Å². The van der Waals surface area contributed by atoms with Crippen LogP contribution in [-0.2, 0) is 14.8 Å². The van der Waals surface area contributed by atoms with Gasteiger partial charge in [0.15, 0.2) is 0 Å². The van der Waals surface area contributed by atoms with Crippen LogP contribution >= 0.6 is 0 Å². The number of amides is 1. The lowest BCUT2D eigenvalue weighted by molar-refractivity contribution is -0.137. The number of carbonyl (C=O) groups is 1. The summed E-state index contributed by atoms with van der Waals surface area (Å²) in [5.74, 6) is 0.606. The summed E-state index contributed by atoms with van der Waals surface area (Å²) in [6.45, 7) is 3.42. The number of para-hydroxylation sites is 2. The molecule has 0 N–H and O–H groups in total. The summed E-state index contributed by atoms with van der Waals surface area (Å²) >= 11 is 0. The smallest absolute Gasteiger partial charge is 0.243 e. The molecule has 2 aromatic rings. The first-order chi connectivity index (χ1) is 15.0. The molecule has 2 aromatic carbocycles. The van der Waals surface area contributed by atoms with Crippen LogP contribution in [0.1, 0.15) is 12.8 Å². The van der Waals surface area contributed by atoms with Gasteiger partial charge in [0.2, 0.25) is 15.9 Å². The van der Waals surface area contributed by atoms with Crippen LogP contribution < -0.4 is 9.64 Å². The van der Waals surface area contributed by atoms with E-state index in [0.717, 1.165) is 30.9 Å². The lowest BCUT2D eigenvalue weighted by atomic mass is 9.97. The molecule has 2 aliphatic rings. The monoisotopic (exact) mass is 443 g/mol. The van der Waals surface area contributed by atoms with Crippen LogP contribution in [0.3, 0.4) is 0 Å². The number of piperidine rings is 1. The molecule has 2 aliphatic heterocycles. The number of sulfonamides is 1. The summed E-state index contributed by atoms with van der Waals surface area (Å²) in [5.41, 5.74) is 1.04. The largest absolute Gasteiger partial charge is 0.495 e. The molecule has 1 amide bonds. The maximum absolute atomic E-state index is 13.2. The van der Waals surface area contributed by atoms with Crippen LogP contribution in [0, 0.1) is 5.92 Å². The van der Waals surface area contributed by atoms with Crippen LogP contribution in [0.4, 0.5) is 5.69 Å². The van der Waals surface area contributed by atoms with E-state index < -0.39 is 10.0 Å². The molecule has 166 valence electrons. The normalized spacial score (nSPS) is 20.5. The minimum Gasteiger partial charge on any atom is -0.495 e. The lowest BCUT2D eigenvalue weighted by Gasteiger charge is -2.39. The van der Waals surface area contributed by atoms with Crippen LogP contribution in [0.25, 0.3) is 0 Å². The number of rotatable bonds is 5. The summed E-state index contributed by atoms with van der Waals surface area (Å²) in [4.78, 5) is 17.6. The average molecular weight is 444 g/mol. The number of benzene rings is 2. The maximum atomic E-state index is 13.2. The van der Waals surface area contributed by atoms with Gasteiger partial charge in [0.25, 0.3) is 0 Å². The molecule has 0 radical (unpaired) electrons. The molecule has 8 heteroatoms. The predicted octanol–water partition coefficient (Wildman–Crippen LogP) is 2.44. The van der Waals surface area contributed by atoms with E-state index in [1.54, 1.807) is 37.4 Å². The summed E-state index contributed by atoms with van der Waals surface area (Å²) in [7, 11) is -1.91. The van der Waals surface area contributed by atoms with Gasteiger partial charge in [-0.3, -0.25) is 4.79 Å². The highest BCUT2D eigenvalue weighted by Crippen LogP contribution is 2.29. The van der Waals surface area contributed by atoms with Gasteiger partial charge < -0.3 is 14.5 Å². The van der Waals surface area contributed by atoms with Crippen LogP contribution in [0.15, 0.2) is 59.5 Å². The van der Waals surface area contributed by atoms with Gasteiger partial charge >= 0.3 is 0 Å². The Morgan fingerprint density at radius 3 is 2.32 bits per heavy atom. The Bertz CT molecular complexity index is 1000. The van der Waals surface area contributed by atoms with E-state index in [0.29, 0.717) is 26.1 Å². The van der Waals surface area contributed by atoms with Gasteiger partial charge in [-0.2, -0.15) is 4.31 Å². The van der Waals surface area contributed by atoms with Crippen LogP contribution in [-0.4, -0.2) is 69.9 Å². The fraction of sp³-hybridized carbons (Fsp3) is 0.435. The van der Waals surface area contributed by atoms with Crippen molar-refractivity contribution in [3.05, 3.63) is 54.6 Å². The van der Waals surface area contributed by atoms with Gasteiger partial charge in [0, 0.05) is 39.3 Å². The number of anilines is 1. The Hall–Kier alpha value is -2.58. The molecule has 1 atom stereocenters. The SMILES string of the molecule is COc1ccccc1N1CCN(C(=O)[C@@H]2CCCN(S(=O)(=O)c3ccccc3)C2)CC1. The van der Waals surface area contributed by atoms with Crippen molar-refractivity contribution in [1.29, 1.82) is 0 Å². The zero-order valence-electron chi connectivity index (χ0n) is 17.8. The molecule has 0 aliphatic carbocycles. The molecule has 7 nitrogen and oxygen atoms in total. The fourth-order valence-corrected chi connectivity index (χ4v) is 5.97. The summed E-state index contributed by atoms with van der Waals surface area (Å²) in [6.07, 6.45) is 1.43. The molecular weight excluding hydrogens is 414 g/mol. The van der Waals surface area contributed by atoms with Crippen molar-refractivity contribution in [1.82, 2.24) is 9.21 Å². The van der Waals surface area contributed by atoms with Crippen molar-refractivity contribution in [2.45, 2.75) is 17.7 Å². The summed E-state index contributed by atoms with van der Waals surface area (Å²) < 4.78 is 32.9. The number of hydrogen-bond donors (Lipinski definition) is 0. The third kappa shape index (κ3) is 4.55. The molecule has 0 unspecified atom stereocenters. The van der Waals surface area contributed by atoms with E-state index >= 15 is 0 Å². The maximum Gasteiger partial charge on any atom is 0.243 e. The molecule has 0 bridgehead atoms. The molecule has 31 heavy (non-hydrogen) atoms. The highest BCUT2D eigenvalue weighted by Gasteiger charge is 2.36. The molecule has 2 saturated heterocycles. The Morgan fingerprint density at radius 1 is 0.935 bits per heavy atom. The standard InChI is InChI=1S/C23H29N3O4S/c1-30-22-12-6-5-11-21(22)24-14-16-25(17-15-24)23(27)19-8-7-13-26(18-19)31(28,29)20-9-3-2-4-10-20/h2-6,9-12,19H,7-8,13-18H2,1H3/t19-/m1/s1. The minimum atomic E-state index is -3.57. The lowest BCUT2D eigenvalue weighted by Crippen LogP contribution is -2.53. The van der Waals surface area contributed by atoms with Gasteiger partial charge in [0.1, 0.15) is 5.75 Å². The second-order valence-corrected chi connectivity index (χ2v) is 9.94. The van der Waals surface area contributed by atoms with E-state index in [2.05, 4.69) is 4.90 Å². The van der Waals surface area contributed by atoms with Crippen molar-refractivity contribution in [2.75, 3.05) is 51.3 Å². The first-order valence-electron chi connectivity index (χ1n) is 10.7. The quantitative estimate of drug-likeness (QED) is 0.710. The molecule has 2 heterocycles. The van der Waals surface area contributed by atoms with E-state index in [1.165, 1.54) is 4.31 Å². The highest BCUT2D eigenvalue weighted by atomic mass is 32.2. The average Bonchev–Trinajstić information content (AvgIpc) is 2.84. The molecule has 0 saturated carbocycles. The fourth-order valence-electron chi connectivity index (χ4n) is 4.42. The third-order valence-electron chi connectivity index (χ3n) is 6.13. The van der Waals surface area contributed by atoms with E-state index in [1.807, 2.05) is 29.2 Å². The van der Waals surface area contributed by atoms with Gasteiger partial charge in [-0.1, -0.05) is 30.3 Å². The summed E-state index contributed by atoms with van der Waals surface area (Å²) in [6, 6.07) is 16.4. The van der Waals surface area contributed by atoms with Gasteiger partial charge in [-0.25, -0.2) is 8.42 Å². The number of piperazine rings is 1. The molecular formula is C23H29N3O4S. The molecule has 0 aromatic heterocycles. The number of methoxy groups -OCH3 is 1. The van der Waals surface area contributed by atoms with Crippen molar-refractivity contribution in [3.8, 4) is 5.75 Å². The second-order valence-electron chi connectivity index (χ2n) is 8.00. The molecule has 4 rings (SSSR count). The van der Waals surface area contributed by atoms with Gasteiger partial charge in [-0.05, 0) is 37.1 Å². The van der Waals surface area contributed by atoms with Crippen LogP contribution in [0.2, 0.25) is 0 Å². The van der Waals surface area contributed by atoms with Crippen LogP contribution in [0.5, 0.6) is 5.75 Å². The van der Waals surface area contributed by atoms with Crippen molar-refractivity contribution in [3.63, 3.8) is 0 Å². The van der Waals surface area contributed by atoms with Crippen molar-refractivity contribution in [2.24, 2.45) is 5.92 Å². The van der Waals surface area contributed by atoms with E-state index in [4.69, 9.17) is 4.74 Å².